The van der Waals surface area contributed by atoms with Crippen LogP contribution >= 0.6 is 0 Å². The smallest absolute Gasteiger partial charge is 0.243 e. The van der Waals surface area contributed by atoms with Gasteiger partial charge in [0.05, 0.1) is 16.8 Å². The SMILES string of the molecule is CC(=O)Nc1ccc(S(=O)(=O)N2CCCC(c3cncc(-n4ccnc4C)n3)C2)cc1. The number of hydrogen-bond donors (Lipinski definition) is 1. The number of imidazole rings is 1. The van der Waals surface area contributed by atoms with Gasteiger partial charge in [-0.2, -0.15) is 4.31 Å². The van der Waals surface area contributed by atoms with E-state index in [-0.39, 0.29) is 16.7 Å². The summed E-state index contributed by atoms with van der Waals surface area (Å²) in [5, 5.41) is 2.64. The molecule has 2 aromatic heterocycles. The van der Waals surface area contributed by atoms with E-state index >= 15 is 0 Å². The van der Waals surface area contributed by atoms with E-state index in [9.17, 15) is 13.2 Å². The highest BCUT2D eigenvalue weighted by atomic mass is 32.2. The number of sulfonamides is 1. The average molecular weight is 441 g/mol. The minimum Gasteiger partial charge on any atom is -0.326 e. The summed E-state index contributed by atoms with van der Waals surface area (Å²) in [6.45, 7) is 4.10. The fourth-order valence-electron chi connectivity index (χ4n) is 3.77. The number of nitrogens with zero attached hydrogens (tertiary/aromatic N) is 5. The molecule has 1 fully saturated rings. The molecule has 1 saturated heterocycles. The molecule has 0 saturated carbocycles. The molecular weight excluding hydrogens is 416 g/mol. The summed E-state index contributed by atoms with van der Waals surface area (Å²) in [6.07, 6.45) is 8.49. The van der Waals surface area contributed by atoms with E-state index in [0.717, 1.165) is 24.4 Å². The Morgan fingerprint density at radius 3 is 2.65 bits per heavy atom. The Morgan fingerprint density at radius 1 is 1.19 bits per heavy atom. The first-order valence-corrected chi connectivity index (χ1v) is 11.5. The van der Waals surface area contributed by atoms with Gasteiger partial charge in [0.2, 0.25) is 15.9 Å². The van der Waals surface area contributed by atoms with Crippen LogP contribution in [0.4, 0.5) is 5.69 Å². The molecule has 0 radical (unpaired) electrons. The summed E-state index contributed by atoms with van der Waals surface area (Å²) in [4.78, 5) is 24.7. The lowest BCUT2D eigenvalue weighted by molar-refractivity contribution is -0.114. The Bertz CT molecular complexity index is 1190. The van der Waals surface area contributed by atoms with Gasteiger partial charge in [-0.15, -0.1) is 0 Å². The maximum absolute atomic E-state index is 13.2. The van der Waals surface area contributed by atoms with Crippen molar-refractivity contribution in [1.82, 2.24) is 23.8 Å². The minimum absolute atomic E-state index is 0.0431. The van der Waals surface area contributed by atoms with Crippen molar-refractivity contribution in [3.05, 3.63) is 60.6 Å². The van der Waals surface area contributed by atoms with Crippen LogP contribution < -0.4 is 5.32 Å². The summed E-state index contributed by atoms with van der Waals surface area (Å²) in [5.41, 5.74) is 1.33. The number of aromatic nitrogens is 4. The lowest BCUT2D eigenvalue weighted by Crippen LogP contribution is -2.39. The first kappa shape index (κ1) is 21.1. The molecule has 31 heavy (non-hydrogen) atoms. The van der Waals surface area contributed by atoms with Crippen LogP contribution in [0.1, 0.15) is 37.2 Å². The number of rotatable bonds is 5. The van der Waals surface area contributed by atoms with Crippen LogP contribution in [-0.4, -0.2) is 51.2 Å². The van der Waals surface area contributed by atoms with Crippen molar-refractivity contribution < 1.29 is 13.2 Å². The fourth-order valence-corrected chi connectivity index (χ4v) is 5.29. The monoisotopic (exact) mass is 440 g/mol. The van der Waals surface area contributed by atoms with Gasteiger partial charge in [-0.25, -0.2) is 18.4 Å². The quantitative estimate of drug-likeness (QED) is 0.653. The molecule has 162 valence electrons. The molecule has 1 aliphatic heterocycles. The molecule has 1 N–H and O–H groups in total. The van der Waals surface area contributed by atoms with Crippen LogP contribution in [-0.2, 0) is 14.8 Å². The van der Waals surface area contributed by atoms with Gasteiger partial charge in [0.1, 0.15) is 5.82 Å². The average Bonchev–Trinajstić information content (AvgIpc) is 3.20. The maximum atomic E-state index is 13.2. The molecule has 9 nitrogen and oxygen atoms in total. The van der Waals surface area contributed by atoms with Gasteiger partial charge in [0.15, 0.2) is 5.82 Å². The molecule has 3 aromatic rings. The molecule has 1 unspecified atom stereocenters. The van der Waals surface area contributed by atoms with Crippen LogP contribution in [0.3, 0.4) is 0 Å². The molecule has 0 aliphatic carbocycles. The van der Waals surface area contributed by atoms with Gasteiger partial charge >= 0.3 is 0 Å². The summed E-state index contributed by atoms with van der Waals surface area (Å²) in [7, 11) is -3.65. The third-order valence-electron chi connectivity index (χ3n) is 5.33. The van der Waals surface area contributed by atoms with Crippen LogP contribution in [0.2, 0.25) is 0 Å². The van der Waals surface area contributed by atoms with Crippen molar-refractivity contribution in [2.75, 3.05) is 18.4 Å². The molecule has 1 atom stereocenters. The van der Waals surface area contributed by atoms with Gasteiger partial charge in [-0.05, 0) is 44.0 Å². The van der Waals surface area contributed by atoms with E-state index in [1.807, 2.05) is 17.7 Å². The fraction of sp³-hybridized carbons (Fsp3) is 0.333. The molecule has 1 aliphatic rings. The predicted molar refractivity (Wildman–Crippen MR) is 115 cm³/mol. The molecule has 1 aromatic carbocycles. The third-order valence-corrected chi connectivity index (χ3v) is 7.21. The zero-order chi connectivity index (χ0) is 22.0. The number of piperidine rings is 1. The van der Waals surface area contributed by atoms with Gasteiger partial charge in [-0.3, -0.25) is 14.3 Å². The summed E-state index contributed by atoms with van der Waals surface area (Å²) >= 11 is 0. The number of anilines is 1. The lowest BCUT2D eigenvalue weighted by atomic mass is 9.96. The van der Waals surface area contributed by atoms with Crippen molar-refractivity contribution in [1.29, 1.82) is 0 Å². The summed E-state index contributed by atoms with van der Waals surface area (Å²) in [5.74, 6) is 1.23. The van der Waals surface area contributed by atoms with Gasteiger partial charge < -0.3 is 5.32 Å². The predicted octanol–water partition coefficient (Wildman–Crippen LogP) is 2.50. The molecule has 3 heterocycles. The summed E-state index contributed by atoms with van der Waals surface area (Å²) < 4.78 is 29.7. The number of carbonyl (C=O) groups is 1. The van der Waals surface area contributed by atoms with E-state index in [1.165, 1.54) is 23.4 Å². The Kier molecular flexibility index (Phi) is 5.84. The van der Waals surface area contributed by atoms with Gasteiger partial charge in [-0.1, -0.05) is 0 Å². The van der Waals surface area contributed by atoms with Crippen LogP contribution in [0.5, 0.6) is 0 Å². The van der Waals surface area contributed by atoms with E-state index in [0.29, 0.717) is 24.6 Å². The van der Waals surface area contributed by atoms with Gasteiger partial charge in [0.25, 0.3) is 0 Å². The lowest BCUT2D eigenvalue weighted by Gasteiger charge is -2.31. The largest absolute Gasteiger partial charge is 0.326 e. The highest BCUT2D eigenvalue weighted by molar-refractivity contribution is 7.89. The number of amides is 1. The summed E-state index contributed by atoms with van der Waals surface area (Å²) in [6, 6.07) is 6.23. The second-order valence-electron chi connectivity index (χ2n) is 7.55. The van der Waals surface area contributed by atoms with Crippen molar-refractivity contribution in [2.45, 2.75) is 37.5 Å². The minimum atomic E-state index is -3.65. The zero-order valence-electron chi connectivity index (χ0n) is 17.4. The second kappa shape index (κ2) is 8.56. The number of benzene rings is 1. The number of hydrogen-bond acceptors (Lipinski definition) is 6. The van der Waals surface area contributed by atoms with Crippen LogP contribution in [0.25, 0.3) is 5.82 Å². The van der Waals surface area contributed by atoms with Crippen molar-refractivity contribution in [2.24, 2.45) is 0 Å². The highest BCUT2D eigenvalue weighted by Crippen LogP contribution is 2.30. The number of aryl methyl sites for hydroxylation is 1. The normalized spacial score (nSPS) is 17.4. The van der Waals surface area contributed by atoms with Gasteiger partial charge in [0, 0.05) is 50.2 Å². The number of carbonyl (C=O) groups excluding carboxylic acids is 1. The standard InChI is InChI=1S/C21H24N6O3S/c1-15-23-9-11-27(15)21-13-22-12-20(25-21)17-4-3-10-26(14-17)31(29,30)19-7-5-18(6-8-19)24-16(2)28/h5-9,11-13,17H,3-4,10,14H2,1-2H3,(H,24,28). The van der Waals surface area contributed by atoms with Crippen LogP contribution in [0.15, 0.2) is 53.9 Å². The van der Waals surface area contributed by atoms with Crippen molar-refractivity contribution in [3.63, 3.8) is 0 Å². The molecule has 4 rings (SSSR count). The number of nitrogens with one attached hydrogen (secondary N) is 1. The Hall–Kier alpha value is -3.11. The van der Waals surface area contributed by atoms with E-state index in [2.05, 4.69) is 15.3 Å². The van der Waals surface area contributed by atoms with E-state index in [4.69, 9.17) is 4.98 Å². The molecule has 0 spiro atoms. The van der Waals surface area contributed by atoms with E-state index < -0.39 is 10.0 Å². The van der Waals surface area contributed by atoms with Crippen LogP contribution in [0, 0.1) is 6.92 Å². The second-order valence-corrected chi connectivity index (χ2v) is 9.49. The Morgan fingerprint density at radius 2 is 1.97 bits per heavy atom. The Labute approximate surface area is 181 Å². The first-order valence-electron chi connectivity index (χ1n) is 10.0. The molecule has 0 bridgehead atoms. The third kappa shape index (κ3) is 4.49. The van der Waals surface area contributed by atoms with Crippen molar-refractivity contribution in [3.8, 4) is 5.82 Å². The van der Waals surface area contributed by atoms with Crippen molar-refractivity contribution >= 4 is 21.6 Å². The highest BCUT2D eigenvalue weighted by Gasteiger charge is 2.31. The molecule has 10 heteroatoms. The first-order chi connectivity index (χ1) is 14.8. The Balaban J connectivity index is 1.54. The topological polar surface area (TPSA) is 110 Å². The maximum Gasteiger partial charge on any atom is 0.243 e. The zero-order valence-corrected chi connectivity index (χ0v) is 18.2. The molecular formula is C21H24N6O3S. The van der Waals surface area contributed by atoms with E-state index in [1.54, 1.807) is 30.7 Å². The molecule has 1 amide bonds.